The van der Waals surface area contributed by atoms with Crippen LogP contribution in [0.5, 0.6) is 0 Å². The summed E-state index contributed by atoms with van der Waals surface area (Å²) in [5, 5.41) is 13.9. The quantitative estimate of drug-likeness (QED) is 0.711. The first-order chi connectivity index (χ1) is 7.43. The number of carbonyl (C=O) groups is 2. The summed E-state index contributed by atoms with van der Waals surface area (Å²) in [6, 6.07) is 1.32. The van der Waals surface area contributed by atoms with Gasteiger partial charge in [0.25, 0.3) is 0 Å². The molecule has 0 aliphatic carbocycles. The van der Waals surface area contributed by atoms with Crippen molar-refractivity contribution in [2.45, 2.75) is 33.7 Å². The lowest BCUT2D eigenvalue weighted by Gasteiger charge is -2.17. The topological polar surface area (TPSA) is 82.0 Å². The zero-order chi connectivity index (χ0) is 12.7. The summed E-state index contributed by atoms with van der Waals surface area (Å²) in [7, 11) is 0. The first kappa shape index (κ1) is 14.4. The van der Waals surface area contributed by atoms with Gasteiger partial charge in [0, 0.05) is 6.54 Å². The molecule has 2 amide bonds. The van der Waals surface area contributed by atoms with Crippen LogP contribution in [0.25, 0.3) is 0 Å². The monoisotopic (exact) mass is 225 g/mol. The Morgan fingerprint density at radius 1 is 1.25 bits per heavy atom. The lowest BCUT2D eigenvalue weighted by atomic mass is 9.96. The smallest absolute Gasteiger partial charge is 0.242 e. The second-order valence-corrected chi connectivity index (χ2v) is 3.98. The van der Waals surface area contributed by atoms with E-state index in [-0.39, 0.29) is 11.8 Å². The van der Waals surface area contributed by atoms with Crippen molar-refractivity contribution in [2.75, 3.05) is 6.54 Å². The number of amides is 2. The average Bonchev–Trinajstić information content (AvgIpc) is 2.18. The van der Waals surface area contributed by atoms with Crippen molar-refractivity contribution in [2.24, 2.45) is 11.8 Å². The number of rotatable bonds is 5. The highest BCUT2D eigenvalue weighted by atomic mass is 16.2. The van der Waals surface area contributed by atoms with E-state index in [1.807, 2.05) is 6.07 Å². The number of hydrogen-bond donors (Lipinski definition) is 2. The third-order valence-corrected chi connectivity index (χ3v) is 2.19. The lowest BCUT2D eigenvalue weighted by Crippen LogP contribution is -2.47. The molecule has 0 aromatic rings. The Hall–Kier alpha value is -1.57. The van der Waals surface area contributed by atoms with Gasteiger partial charge in [-0.15, -0.1) is 0 Å². The molecule has 0 aromatic carbocycles. The van der Waals surface area contributed by atoms with Crippen LogP contribution < -0.4 is 10.6 Å². The molecule has 16 heavy (non-hydrogen) atoms. The molecule has 2 unspecified atom stereocenters. The molecule has 2 N–H and O–H groups in total. The highest BCUT2D eigenvalue weighted by molar-refractivity contribution is 5.89. The molecule has 0 aliphatic heterocycles. The van der Waals surface area contributed by atoms with Gasteiger partial charge in [0.15, 0.2) is 0 Å². The predicted octanol–water partition coefficient (Wildman–Crippen LogP) is 0.423. The number of nitrogens with one attached hydrogen (secondary N) is 2. The standard InChI is InChI=1S/C11H19N3O2/c1-5-13-10(15)8(4)14-11(16)9(6-12)7(2)3/h7-9H,5H2,1-4H3,(H,13,15)(H,14,16). The van der Waals surface area contributed by atoms with Gasteiger partial charge in [-0.3, -0.25) is 9.59 Å². The maximum atomic E-state index is 11.6. The highest BCUT2D eigenvalue weighted by Gasteiger charge is 2.24. The maximum absolute atomic E-state index is 11.6. The fourth-order valence-electron chi connectivity index (χ4n) is 1.21. The van der Waals surface area contributed by atoms with Crippen molar-refractivity contribution in [1.82, 2.24) is 10.6 Å². The first-order valence-electron chi connectivity index (χ1n) is 5.41. The summed E-state index contributed by atoms with van der Waals surface area (Å²) >= 11 is 0. The van der Waals surface area contributed by atoms with Gasteiger partial charge >= 0.3 is 0 Å². The number of likely N-dealkylation sites (N-methyl/N-ethyl adjacent to an activating group) is 1. The summed E-state index contributed by atoms with van der Waals surface area (Å²) in [6.45, 7) is 7.51. The molecule has 0 aliphatic rings. The third kappa shape index (κ3) is 4.30. The van der Waals surface area contributed by atoms with E-state index in [0.29, 0.717) is 6.54 Å². The Morgan fingerprint density at radius 3 is 2.19 bits per heavy atom. The highest BCUT2D eigenvalue weighted by Crippen LogP contribution is 2.09. The molecule has 2 atom stereocenters. The van der Waals surface area contributed by atoms with Gasteiger partial charge in [-0.2, -0.15) is 5.26 Å². The van der Waals surface area contributed by atoms with Crippen molar-refractivity contribution < 1.29 is 9.59 Å². The number of nitrogens with zero attached hydrogens (tertiary/aromatic N) is 1. The zero-order valence-electron chi connectivity index (χ0n) is 10.2. The van der Waals surface area contributed by atoms with Gasteiger partial charge in [-0.25, -0.2) is 0 Å². The van der Waals surface area contributed by atoms with E-state index in [0.717, 1.165) is 0 Å². The van der Waals surface area contributed by atoms with Crippen LogP contribution in [0.2, 0.25) is 0 Å². The molecule has 5 heteroatoms. The van der Waals surface area contributed by atoms with Gasteiger partial charge in [-0.1, -0.05) is 13.8 Å². The Labute approximate surface area is 96.2 Å². The van der Waals surface area contributed by atoms with Gasteiger partial charge in [0.05, 0.1) is 6.07 Å². The molecule has 0 aromatic heterocycles. The third-order valence-electron chi connectivity index (χ3n) is 2.19. The molecule has 0 heterocycles. The van der Waals surface area contributed by atoms with E-state index in [4.69, 9.17) is 5.26 Å². The molecular weight excluding hydrogens is 206 g/mol. The van der Waals surface area contributed by atoms with Crippen molar-refractivity contribution >= 4 is 11.8 Å². The fourth-order valence-corrected chi connectivity index (χ4v) is 1.21. The molecule has 0 saturated heterocycles. The molecule has 0 spiro atoms. The Bertz CT molecular complexity index is 294. The van der Waals surface area contributed by atoms with E-state index in [1.54, 1.807) is 27.7 Å². The average molecular weight is 225 g/mol. The van der Waals surface area contributed by atoms with E-state index < -0.39 is 17.9 Å². The molecule has 0 fully saturated rings. The second kappa shape index (κ2) is 6.83. The van der Waals surface area contributed by atoms with Crippen molar-refractivity contribution in [3.05, 3.63) is 0 Å². The van der Waals surface area contributed by atoms with Crippen LogP contribution in [0.15, 0.2) is 0 Å². The summed E-state index contributed by atoms with van der Waals surface area (Å²) in [6.07, 6.45) is 0. The molecule has 0 saturated carbocycles. The van der Waals surface area contributed by atoms with Crippen molar-refractivity contribution in [1.29, 1.82) is 5.26 Å². The minimum Gasteiger partial charge on any atom is -0.355 e. The molecule has 0 bridgehead atoms. The van der Waals surface area contributed by atoms with Crippen molar-refractivity contribution in [3.63, 3.8) is 0 Å². The number of hydrogen-bond acceptors (Lipinski definition) is 3. The van der Waals surface area contributed by atoms with Crippen LogP contribution in [-0.4, -0.2) is 24.4 Å². The molecular formula is C11H19N3O2. The van der Waals surface area contributed by atoms with E-state index in [1.165, 1.54) is 0 Å². The first-order valence-corrected chi connectivity index (χ1v) is 5.41. The molecule has 0 rings (SSSR count). The SMILES string of the molecule is CCNC(=O)C(C)NC(=O)C(C#N)C(C)C. The normalized spacial score (nSPS) is 13.8. The number of nitriles is 1. The van der Waals surface area contributed by atoms with Gasteiger partial charge in [0.2, 0.25) is 11.8 Å². The summed E-state index contributed by atoms with van der Waals surface area (Å²) < 4.78 is 0. The van der Waals surface area contributed by atoms with Crippen LogP contribution in [0, 0.1) is 23.2 Å². The Morgan fingerprint density at radius 2 is 1.81 bits per heavy atom. The van der Waals surface area contributed by atoms with E-state index in [2.05, 4.69) is 10.6 Å². The predicted molar refractivity (Wildman–Crippen MR) is 60.2 cm³/mol. The van der Waals surface area contributed by atoms with Crippen LogP contribution in [0.1, 0.15) is 27.7 Å². The van der Waals surface area contributed by atoms with Crippen LogP contribution in [0.3, 0.4) is 0 Å². The fraction of sp³-hybridized carbons (Fsp3) is 0.727. The van der Waals surface area contributed by atoms with Gasteiger partial charge in [0.1, 0.15) is 12.0 Å². The van der Waals surface area contributed by atoms with E-state index >= 15 is 0 Å². The lowest BCUT2D eigenvalue weighted by molar-refractivity contribution is -0.130. The second-order valence-electron chi connectivity index (χ2n) is 3.98. The summed E-state index contributed by atoms with van der Waals surface area (Å²) in [5.74, 6) is -1.41. The van der Waals surface area contributed by atoms with Gasteiger partial charge in [-0.05, 0) is 19.8 Å². The Kier molecular flexibility index (Phi) is 6.16. The van der Waals surface area contributed by atoms with Crippen molar-refractivity contribution in [3.8, 4) is 6.07 Å². The minimum absolute atomic E-state index is 0.0635. The van der Waals surface area contributed by atoms with Crippen LogP contribution in [0.4, 0.5) is 0 Å². The largest absolute Gasteiger partial charge is 0.355 e. The molecule has 0 radical (unpaired) electrons. The van der Waals surface area contributed by atoms with Crippen LogP contribution in [-0.2, 0) is 9.59 Å². The minimum atomic E-state index is -0.711. The molecule has 90 valence electrons. The molecule has 5 nitrogen and oxygen atoms in total. The summed E-state index contributed by atoms with van der Waals surface area (Å²) in [4.78, 5) is 23.0. The summed E-state index contributed by atoms with van der Waals surface area (Å²) in [5.41, 5.74) is 0. The Balaban J connectivity index is 4.34. The maximum Gasteiger partial charge on any atom is 0.242 e. The van der Waals surface area contributed by atoms with Gasteiger partial charge < -0.3 is 10.6 Å². The number of carbonyl (C=O) groups excluding carboxylic acids is 2. The zero-order valence-corrected chi connectivity index (χ0v) is 10.2. The van der Waals surface area contributed by atoms with E-state index in [9.17, 15) is 9.59 Å². The van der Waals surface area contributed by atoms with Crippen LogP contribution >= 0.6 is 0 Å².